The third-order valence-corrected chi connectivity index (χ3v) is 4.95. The molecular formula is C17H20N4O4. The van der Waals surface area contributed by atoms with Crippen LogP contribution in [0.3, 0.4) is 0 Å². The molecule has 0 radical (unpaired) electrons. The predicted octanol–water partition coefficient (Wildman–Crippen LogP) is 2.86. The van der Waals surface area contributed by atoms with E-state index < -0.39 is 5.54 Å². The zero-order chi connectivity index (χ0) is 17.3. The summed E-state index contributed by atoms with van der Waals surface area (Å²) in [4.78, 5) is 26.5. The van der Waals surface area contributed by atoms with Crippen LogP contribution in [0.15, 0.2) is 27.2 Å². The van der Waals surface area contributed by atoms with Crippen molar-refractivity contribution in [2.75, 3.05) is 0 Å². The van der Waals surface area contributed by atoms with Crippen molar-refractivity contribution in [2.24, 2.45) is 0 Å². The summed E-state index contributed by atoms with van der Waals surface area (Å²) in [5, 5.41) is 10.7. The summed E-state index contributed by atoms with van der Waals surface area (Å²) in [5.74, 6) is 0.704. The number of carbonyl (C=O) groups is 2. The lowest BCUT2D eigenvalue weighted by atomic mass is 9.84. The van der Waals surface area contributed by atoms with E-state index in [2.05, 4.69) is 15.5 Å². The predicted molar refractivity (Wildman–Crippen MR) is 86.1 cm³/mol. The Hall–Kier alpha value is -2.64. The van der Waals surface area contributed by atoms with Crippen LogP contribution in [0.25, 0.3) is 11.7 Å². The van der Waals surface area contributed by atoms with Crippen LogP contribution in [0.1, 0.15) is 50.8 Å². The third kappa shape index (κ3) is 2.92. The Bertz CT molecular complexity index is 759. The summed E-state index contributed by atoms with van der Waals surface area (Å²) < 4.78 is 10.7. The van der Waals surface area contributed by atoms with Crippen LogP contribution in [0.5, 0.6) is 0 Å². The summed E-state index contributed by atoms with van der Waals surface area (Å²) in [7, 11) is 0. The molecule has 8 nitrogen and oxygen atoms in total. The second-order valence-corrected chi connectivity index (χ2v) is 6.65. The zero-order valence-corrected chi connectivity index (χ0v) is 13.9. The van der Waals surface area contributed by atoms with Crippen molar-refractivity contribution < 1.29 is 18.4 Å². The fraction of sp³-hybridized carbons (Fsp3) is 0.529. The van der Waals surface area contributed by atoms with E-state index in [1.807, 2.05) is 0 Å². The van der Waals surface area contributed by atoms with Gasteiger partial charge < -0.3 is 14.2 Å². The number of amides is 3. The number of imide groups is 1. The molecule has 132 valence electrons. The maximum absolute atomic E-state index is 12.9. The first kappa shape index (κ1) is 15.9. The summed E-state index contributed by atoms with van der Waals surface area (Å²) >= 11 is 0. The van der Waals surface area contributed by atoms with Gasteiger partial charge in [-0.2, -0.15) is 0 Å². The van der Waals surface area contributed by atoms with Gasteiger partial charge in [0.25, 0.3) is 11.8 Å². The smallest absolute Gasteiger partial charge is 0.325 e. The maximum atomic E-state index is 12.9. The number of carbonyl (C=O) groups excluding carboxylic acids is 2. The molecule has 2 aliphatic rings. The molecule has 2 fully saturated rings. The Morgan fingerprint density at radius 2 is 1.88 bits per heavy atom. The molecule has 1 N–H and O–H groups in total. The Balaban J connectivity index is 1.51. The van der Waals surface area contributed by atoms with Gasteiger partial charge in [0.2, 0.25) is 5.89 Å². The molecule has 3 heterocycles. The molecule has 0 aromatic carbocycles. The van der Waals surface area contributed by atoms with E-state index in [0.717, 1.165) is 25.7 Å². The molecule has 4 rings (SSSR count). The van der Waals surface area contributed by atoms with Gasteiger partial charge in [-0.25, -0.2) is 4.79 Å². The van der Waals surface area contributed by atoms with Crippen LogP contribution in [0.2, 0.25) is 0 Å². The molecule has 0 unspecified atom stereocenters. The van der Waals surface area contributed by atoms with E-state index in [1.54, 1.807) is 12.1 Å². The van der Waals surface area contributed by atoms with E-state index >= 15 is 0 Å². The molecule has 1 aliphatic carbocycles. The fourth-order valence-corrected chi connectivity index (χ4v) is 3.62. The van der Waals surface area contributed by atoms with Gasteiger partial charge in [-0.3, -0.25) is 9.69 Å². The van der Waals surface area contributed by atoms with Crippen LogP contribution in [-0.4, -0.2) is 32.6 Å². The Kier molecular flexibility index (Phi) is 4.03. The highest BCUT2D eigenvalue weighted by Crippen LogP contribution is 2.32. The number of urea groups is 1. The van der Waals surface area contributed by atoms with Gasteiger partial charge in [0.15, 0.2) is 5.76 Å². The number of nitrogens with zero attached hydrogens (tertiary/aromatic N) is 3. The molecule has 0 bridgehead atoms. The van der Waals surface area contributed by atoms with Crippen molar-refractivity contribution in [3.8, 4) is 11.7 Å². The van der Waals surface area contributed by atoms with Crippen LogP contribution >= 0.6 is 0 Å². The highest BCUT2D eigenvalue weighted by molar-refractivity contribution is 6.06. The van der Waals surface area contributed by atoms with E-state index in [-0.39, 0.29) is 30.3 Å². The SMILES string of the molecule is O=C1NC2(CCCCCCC2)C(=O)N1Cc1nnc(-c2ccco2)o1. The van der Waals surface area contributed by atoms with E-state index in [9.17, 15) is 9.59 Å². The van der Waals surface area contributed by atoms with Crippen LogP contribution in [-0.2, 0) is 11.3 Å². The molecule has 1 aliphatic heterocycles. The van der Waals surface area contributed by atoms with Crippen LogP contribution in [0.4, 0.5) is 4.79 Å². The van der Waals surface area contributed by atoms with Crippen LogP contribution < -0.4 is 5.32 Å². The molecule has 8 heteroatoms. The Labute approximate surface area is 144 Å². The molecule has 3 amide bonds. The monoisotopic (exact) mass is 344 g/mol. The van der Waals surface area contributed by atoms with Gasteiger partial charge in [-0.15, -0.1) is 10.2 Å². The van der Waals surface area contributed by atoms with E-state index in [0.29, 0.717) is 18.6 Å². The van der Waals surface area contributed by atoms with Crippen molar-refractivity contribution in [1.82, 2.24) is 20.4 Å². The third-order valence-electron chi connectivity index (χ3n) is 4.95. The lowest BCUT2D eigenvalue weighted by Crippen LogP contribution is -2.47. The van der Waals surface area contributed by atoms with Crippen molar-refractivity contribution in [2.45, 2.75) is 57.0 Å². The van der Waals surface area contributed by atoms with Gasteiger partial charge in [-0.1, -0.05) is 32.1 Å². The summed E-state index contributed by atoms with van der Waals surface area (Å²) in [6, 6.07) is 3.03. The van der Waals surface area contributed by atoms with E-state index in [4.69, 9.17) is 8.83 Å². The second-order valence-electron chi connectivity index (χ2n) is 6.65. The molecular weight excluding hydrogens is 324 g/mol. The topological polar surface area (TPSA) is 101 Å². The van der Waals surface area contributed by atoms with Crippen LogP contribution in [0, 0.1) is 0 Å². The number of furan rings is 1. The first-order valence-corrected chi connectivity index (χ1v) is 8.68. The minimum absolute atomic E-state index is 0.0277. The molecule has 25 heavy (non-hydrogen) atoms. The first-order chi connectivity index (χ1) is 12.2. The van der Waals surface area contributed by atoms with Crippen molar-refractivity contribution in [3.05, 3.63) is 24.3 Å². The molecule has 1 spiro atoms. The first-order valence-electron chi connectivity index (χ1n) is 8.68. The van der Waals surface area contributed by atoms with Crippen molar-refractivity contribution >= 4 is 11.9 Å². The molecule has 1 saturated carbocycles. The van der Waals surface area contributed by atoms with Gasteiger partial charge >= 0.3 is 6.03 Å². The molecule has 0 atom stereocenters. The maximum Gasteiger partial charge on any atom is 0.325 e. The highest BCUT2D eigenvalue weighted by Gasteiger charge is 2.50. The Morgan fingerprint density at radius 3 is 2.60 bits per heavy atom. The van der Waals surface area contributed by atoms with Gasteiger partial charge in [-0.05, 0) is 25.0 Å². The standard InChI is InChI=1S/C17H20N4O4/c22-15-17(8-4-2-1-3-5-9-17)18-16(23)21(15)11-13-19-20-14(25-13)12-7-6-10-24-12/h6-7,10H,1-5,8-9,11H2,(H,18,23). The number of nitrogens with one attached hydrogen (secondary N) is 1. The second kappa shape index (κ2) is 6.34. The van der Waals surface area contributed by atoms with Gasteiger partial charge in [0.1, 0.15) is 12.1 Å². The van der Waals surface area contributed by atoms with Crippen molar-refractivity contribution in [3.63, 3.8) is 0 Å². The minimum Gasteiger partial charge on any atom is -0.459 e. The average Bonchev–Trinajstić information content (AvgIpc) is 3.28. The molecule has 2 aromatic heterocycles. The van der Waals surface area contributed by atoms with Gasteiger partial charge in [0, 0.05) is 0 Å². The quantitative estimate of drug-likeness (QED) is 0.859. The number of aromatic nitrogens is 2. The lowest BCUT2D eigenvalue weighted by Gasteiger charge is -2.28. The molecule has 2 aromatic rings. The number of hydrogen-bond acceptors (Lipinski definition) is 6. The lowest BCUT2D eigenvalue weighted by molar-refractivity contribution is -0.132. The van der Waals surface area contributed by atoms with E-state index in [1.165, 1.54) is 17.6 Å². The van der Waals surface area contributed by atoms with Crippen molar-refractivity contribution in [1.29, 1.82) is 0 Å². The highest BCUT2D eigenvalue weighted by atomic mass is 16.4. The summed E-state index contributed by atoms with van der Waals surface area (Å²) in [6.45, 7) is -0.0277. The Morgan fingerprint density at radius 1 is 1.12 bits per heavy atom. The number of rotatable bonds is 3. The zero-order valence-electron chi connectivity index (χ0n) is 13.9. The minimum atomic E-state index is -0.763. The normalized spacial score (nSPS) is 20.6. The summed E-state index contributed by atoms with van der Waals surface area (Å²) in [5.41, 5.74) is -0.763. The number of hydrogen-bond donors (Lipinski definition) is 1. The van der Waals surface area contributed by atoms with Gasteiger partial charge in [0.05, 0.1) is 6.26 Å². The largest absolute Gasteiger partial charge is 0.459 e. The fourth-order valence-electron chi connectivity index (χ4n) is 3.62. The summed E-state index contributed by atoms with van der Waals surface area (Å²) in [6.07, 6.45) is 8.17. The molecule has 1 saturated heterocycles. The average molecular weight is 344 g/mol.